The quantitative estimate of drug-likeness (QED) is 0.522. The summed E-state index contributed by atoms with van der Waals surface area (Å²) >= 11 is 0. The van der Waals surface area contributed by atoms with Crippen LogP contribution in [0.3, 0.4) is 0 Å². The lowest BCUT2D eigenvalue weighted by molar-refractivity contribution is -0.147. The van der Waals surface area contributed by atoms with Crippen LogP contribution >= 0.6 is 0 Å². The maximum absolute atomic E-state index is 10.9. The Labute approximate surface area is 79.6 Å². The normalized spacial score (nSPS) is 45.4. The molecule has 4 atom stereocenters. The SMILES string of the molecule is N[C@@]1(C(=O)O)CCO[C@H]2[C@H](C(=O)O)[C@H]21. The smallest absolute Gasteiger partial charge is 0.324 e. The Kier molecular flexibility index (Phi) is 1.80. The molecule has 0 unspecified atom stereocenters. The van der Waals surface area contributed by atoms with E-state index < -0.39 is 35.4 Å². The molecule has 6 nitrogen and oxygen atoms in total. The lowest BCUT2D eigenvalue weighted by Gasteiger charge is -2.28. The zero-order chi connectivity index (χ0) is 10.5. The van der Waals surface area contributed by atoms with E-state index in [1.54, 1.807) is 0 Å². The molecule has 2 rings (SSSR count). The van der Waals surface area contributed by atoms with Crippen molar-refractivity contribution in [2.75, 3.05) is 6.61 Å². The van der Waals surface area contributed by atoms with Crippen LogP contribution in [0.2, 0.25) is 0 Å². The van der Waals surface area contributed by atoms with E-state index in [1.807, 2.05) is 0 Å². The van der Waals surface area contributed by atoms with E-state index in [-0.39, 0.29) is 13.0 Å². The molecule has 1 aliphatic carbocycles. The van der Waals surface area contributed by atoms with Gasteiger partial charge in [0.25, 0.3) is 0 Å². The number of nitrogens with two attached hydrogens (primary N) is 1. The molecule has 2 aliphatic rings. The Balaban J connectivity index is 2.22. The first-order chi connectivity index (χ1) is 6.48. The van der Waals surface area contributed by atoms with Gasteiger partial charge in [0.1, 0.15) is 5.54 Å². The second-order valence-electron chi connectivity index (χ2n) is 3.82. The van der Waals surface area contributed by atoms with Crippen molar-refractivity contribution in [1.82, 2.24) is 0 Å². The van der Waals surface area contributed by atoms with Crippen molar-refractivity contribution in [3.05, 3.63) is 0 Å². The number of carbonyl (C=O) groups is 2. The molecule has 0 bridgehead atoms. The van der Waals surface area contributed by atoms with Crippen LogP contribution in [0.15, 0.2) is 0 Å². The van der Waals surface area contributed by atoms with Gasteiger partial charge >= 0.3 is 11.9 Å². The molecular weight excluding hydrogens is 190 g/mol. The number of rotatable bonds is 2. The Morgan fingerprint density at radius 1 is 1.43 bits per heavy atom. The van der Waals surface area contributed by atoms with E-state index in [4.69, 9.17) is 20.7 Å². The fraction of sp³-hybridized carbons (Fsp3) is 0.750. The molecule has 0 amide bonds. The molecule has 0 spiro atoms. The predicted octanol–water partition coefficient (Wildman–Crippen LogP) is -1.11. The van der Waals surface area contributed by atoms with Gasteiger partial charge in [-0.05, 0) is 6.42 Å². The molecule has 1 heterocycles. The molecule has 78 valence electrons. The van der Waals surface area contributed by atoms with Gasteiger partial charge < -0.3 is 20.7 Å². The summed E-state index contributed by atoms with van der Waals surface area (Å²) in [7, 11) is 0. The first-order valence-corrected chi connectivity index (χ1v) is 4.35. The number of carboxylic acids is 2. The van der Waals surface area contributed by atoms with Crippen molar-refractivity contribution in [2.24, 2.45) is 17.6 Å². The second kappa shape index (κ2) is 2.68. The lowest BCUT2D eigenvalue weighted by atomic mass is 9.88. The average molecular weight is 201 g/mol. The maximum atomic E-state index is 10.9. The van der Waals surface area contributed by atoms with Crippen LogP contribution in [0.25, 0.3) is 0 Å². The monoisotopic (exact) mass is 201 g/mol. The van der Waals surface area contributed by atoms with Gasteiger partial charge in [0.15, 0.2) is 0 Å². The summed E-state index contributed by atoms with van der Waals surface area (Å²) in [5.74, 6) is -3.50. The number of carboxylic acid groups (broad SMARTS) is 2. The molecule has 0 aromatic carbocycles. The third kappa shape index (κ3) is 1.04. The third-order valence-corrected chi connectivity index (χ3v) is 3.06. The number of fused-ring (bicyclic) bond motifs is 1. The molecule has 4 N–H and O–H groups in total. The highest BCUT2D eigenvalue weighted by atomic mass is 16.5. The van der Waals surface area contributed by atoms with Crippen molar-refractivity contribution in [1.29, 1.82) is 0 Å². The summed E-state index contributed by atoms with van der Waals surface area (Å²) in [6.45, 7) is 0.216. The summed E-state index contributed by atoms with van der Waals surface area (Å²) in [6, 6.07) is 0. The lowest BCUT2D eigenvalue weighted by Crippen LogP contribution is -2.54. The summed E-state index contributed by atoms with van der Waals surface area (Å²) < 4.78 is 5.15. The van der Waals surface area contributed by atoms with Crippen LogP contribution in [0.1, 0.15) is 6.42 Å². The maximum Gasteiger partial charge on any atom is 0.324 e. The highest BCUT2D eigenvalue weighted by Crippen LogP contribution is 2.52. The zero-order valence-corrected chi connectivity index (χ0v) is 7.34. The van der Waals surface area contributed by atoms with E-state index in [1.165, 1.54) is 0 Å². The van der Waals surface area contributed by atoms with Crippen molar-refractivity contribution < 1.29 is 24.5 Å². The van der Waals surface area contributed by atoms with Crippen LogP contribution in [0.5, 0.6) is 0 Å². The molecule has 1 saturated heterocycles. The predicted molar refractivity (Wildman–Crippen MR) is 43.5 cm³/mol. The molecule has 6 heteroatoms. The molecule has 14 heavy (non-hydrogen) atoms. The van der Waals surface area contributed by atoms with Crippen molar-refractivity contribution in [2.45, 2.75) is 18.1 Å². The Morgan fingerprint density at radius 2 is 2.07 bits per heavy atom. The van der Waals surface area contributed by atoms with Gasteiger partial charge in [0.05, 0.1) is 12.0 Å². The highest BCUT2D eigenvalue weighted by molar-refractivity contribution is 5.84. The molecule has 0 radical (unpaired) electrons. The molecular formula is C8H11NO5. The van der Waals surface area contributed by atoms with Crippen LogP contribution in [-0.4, -0.2) is 40.4 Å². The van der Waals surface area contributed by atoms with Gasteiger partial charge in [-0.15, -0.1) is 0 Å². The fourth-order valence-corrected chi connectivity index (χ4v) is 2.18. The first-order valence-electron chi connectivity index (χ1n) is 4.35. The third-order valence-electron chi connectivity index (χ3n) is 3.06. The van der Waals surface area contributed by atoms with Gasteiger partial charge in [-0.2, -0.15) is 0 Å². The van der Waals surface area contributed by atoms with E-state index in [9.17, 15) is 9.59 Å². The number of ether oxygens (including phenoxy) is 1. The van der Waals surface area contributed by atoms with E-state index in [0.29, 0.717) is 0 Å². The van der Waals surface area contributed by atoms with E-state index in [0.717, 1.165) is 0 Å². The van der Waals surface area contributed by atoms with E-state index >= 15 is 0 Å². The molecule has 2 fully saturated rings. The van der Waals surface area contributed by atoms with Gasteiger partial charge in [-0.3, -0.25) is 9.59 Å². The summed E-state index contributed by atoms with van der Waals surface area (Å²) in [5.41, 5.74) is 4.25. The number of hydrogen-bond acceptors (Lipinski definition) is 4. The summed E-state index contributed by atoms with van der Waals surface area (Å²) in [6.07, 6.45) is -0.338. The van der Waals surface area contributed by atoms with Crippen molar-refractivity contribution >= 4 is 11.9 Å². The van der Waals surface area contributed by atoms with Gasteiger partial charge in [0, 0.05) is 12.5 Å². The van der Waals surface area contributed by atoms with Gasteiger partial charge in [0.2, 0.25) is 0 Å². The first kappa shape index (κ1) is 9.42. The molecule has 0 aromatic rings. The minimum Gasteiger partial charge on any atom is -0.481 e. The molecule has 0 aromatic heterocycles. The standard InChI is InChI=1S/C8H11NO5/c9-8(7(12)13)1-2-14-5-3(4(5)8)6(10)11/h3-5H,1-2,9H2,(H,10,11)(H,12,13)/t3-,4-,5+,8+/m1/s1. The van der Waals surface area contributed by atoms with Crippen LogP contribution in [0.4, 0.5) is 0 Å². The zero-order valence-electron chi connectivity index (χ0n) is 7.34. The minimum absolute atomic E-state index is 0.174. The van der Waals surface area contributed by atoms with Crippen LogP contribution < -0.4 is 5.73 Å². The minimum atomic E-state index is -1.42. The topological polar surface area (TPSA) is 110 Å². The highest BCUT2D eigenvalue weighted by Gasteiger charge is 2.69. The van der Waals surface area contributed by atoms with E-state index in [2.05, 4.69) is 0 Å². The second-order valence-corrected chi connectivity index (χ2v) is 3.82. The van der Waals surface area contributed by atoms with Crippen LogP contribution in [-0.2, 0) is 14.3 Å². The number of aliphatic carboxylic acids is 2. The average Bonchev–Trinajstić information content (AvgIpc) is 2.79. The van der Waals surface area contributed by atoms with Gasteiger partial charge in [-0.1, -0.05) is 0 Å². The molecule has 1 saturated carbocycles. The molecule has 1 aliphatic heterocycles. The Morgan fingerprint density at radius 3 is 2.57 bits per heavy atom. The largest absolute Gasteiger partial charge is 0.481 e. The summed E-state index contributed by atoms with van der Waals surface area (Å²) in [5, 5.41) is 17.7. The fourth-order valence-electron chi connectivity index (χ4n) is 2.18. The summed E-state index contributed by atoms with van der Waals surface area (Å²) in [4.78, 5) is 21.6. The van der Waals surface area contributed by atoms with Crippen molar-refractivity contribution in [3.63, 3.8) is 0 Å². The number of hydrogen-bond donors (Lipinski definition) is 3. The van der Waals surface area contributed by atoms with Gasteiger partial charge in [-0.25, -0.2) is 0 Å². The Hall–Kier alpha value is -1.14. The van der Waals surface area contributed by atoms with Crippen molar-refractivity contribution in [3.8, 4) is 0 Å². The van der Waals surface area contributed by atoms with Crippen LogP contribution in [0, 0.1) is 11.8 Å². The Bertz CT molecular complexity index is 304.